The van der Waals surface area contributed by atoms with Crippen molar-refractivity contribution in [3.63, 3.8) is 0 Å². The van der Waals surface area contributed by atoms with E-state index in [1.807, 2.05) is 0 Å². The molecule has 1 aromatic carbocycles. The minimum Gasteiger partial charge on any atom is -0.466 e. The Balaban J connectivity index is 2.00. The topological polar surface area (TPSA) is 97.3 Å². The predicted octanol–water partition coefficient (Wildman–Crippen LogP) is 1.94. The van der Waals surface area contributed by atoms with E-state index in [1.54, 1.807) is 6.07 Å². The summed E-state index contributed by atoms with van der Waals surface area (Å²) >= 11 is 0. The van der Waals surface area contributed by atoms with Crippen molar-refractivity contribution >= 4 is 23.3 Å². The number of anilines is 2. The summed E-state index contributed by atoms with van der Waals surface area (Å²) in [5.74, 6) is -1.97. The van der Waals surface area contributed by atoms with E-state index < -0.39 is 17.8 Å². The molecule has 3 rings (SSSR count). The molecule has 0 amide bonds. The molecular formula is C20H25FN2O6. The van der Waals surface area contributed by atoms with E-state index >= 15 is 0 Å². The van der Waals surface area contributed by atoms with Gasteiger partial charge in [0.15, 0.2) is 0 Å². The maximum Gasteiger partial charge on any atom is 0.355 e. The fourth-order valence-electron chi connectivity index (χ4n) is 3.62. The number of nitrogens with one attached hydrogen (secondary N) is 1. The Morgan fingerprint density at radius 3 is 2.52 bits per heavy atom. The molecule has 0 aromatic heterocycles. The largest absolute Gasteiger partial charge is 0.466 e. The molecule has 0 spiro atoms. The number of methoxy groups -OCH3 is 2. The number of aliphatic hydroxyl groups is 1. The van der Waals surface area contributed by atoms with Gasteiger partial charge in [-0.05, 0) is 43.9 Å². The van der Waals surface area contributed by atoms with E-state index in [0.29, 0.717) is 24.2 Å². The molecule has 29 heavy (non-hydrogen) atoms. The number of benzene rings is 1. The molecule has 9 heteroatoms. The molecule has 1 aliphatic carbocycles. The minimum atomic E-state index is -0.746. The summed E-state index contributed by atoms with van der Waals surface area (Å²) < 4.78 is 29.2. The van der Waals surface area contributed by atoms with Crippen molar-refractivity contribution in [2.24, 2.45) is 0 Å². The lowest BCUT2D eigenvalue weighted by atomic mass is 9.93. The first-order valence-electron chi connectivity index (χ1n) is 9.43. The van der Waals surface area contributed by atoms with Crippen molar-refractivity contribution < 1.29 is 33.3 Å². The van der Waals surface area contributed by atoms with Gasteiger partial charge in [-0.25, -0.2) is 14.0 Å². The molecule has 0 saturated heterocycles. The van der Waals surface area contributed by atoms with Gasteiger partial charge < -0.3 is 29.5 Å². The molecule has 1 aromatic rings. The molecule has 8 nitrogen and oxygen atoms in total. The molecule has 0 bridgehead atoms. The number of esters is 2. The Labute approximate surface area is 168 Å². The van der Waals surface area contributed by atoms with Crippen molar-refractivity contribution in [3.05, 3.63) is 35.3 Å². The van der Waals surface area contributed by atoms with Gasteiger partial charge in [-0.2, -0.15) is 0 Å². The first-order valence-corrected chi connectivity index (χ1v) is 9.43. The second-order valence-electron chi connectivity index (χ2n) is 7.03. The monoisotopic (exact) mass is 408 g/mol. The lowest BCUT2D eigenvalue weighted by molar-refractivity contribution is -0.140. The van der Waals surface area contributed by atoms with Crippen LogP contribution in [-0.2, 0) is 23.8 Å². The molecule has 1 aliphatic heterocycles. The number of carbonyl (C=O) groups is 2. The van der Waals surface area contributed by atoms with E-state index in [1.165, 1.54) is 31.3 Å². The SMILES string of the molecule is COC(=O)C1=C(C(=O)OC)N(c2cc(F)ccc2NC2CCC(O)CC2)COC1. The Kier molecular flexibility index (Phi) is 6.71. The summed E-state index contributed by atoms with van der Waals surface area (Å²) in [6.07, 6.45) is 2.60. The van der Waals surface area contributed by atoms with E-state index in [0.717, 1.165) is 12.8 Å². The normalized spacial score (nSPS) is 22.3. The summed E-state index contributed by atoms with van der Waals surface area (Å²) in [5.41, 5.74) is 0.890. The number of halogens is 1. The van der Waals surface area contributed by atoms with Crippen LogP contribution < -0.4 is 10.2 Å². The second-order valence-corrected chi connectivity index (χ2v) is 7.03. The van der Waals surface area contributed by atoms with Crippen LogP contribution in [0.5, 0.6) is 0 Å². The number of hydrogen-bond acceptors (Lipinski definition) is 8. The van der Waals surface area contributed by atoms with Crippen molar-refractivity contribution in [1.82, 2.24) is 0 Å². The van der Waals surface area contributed by atoms with Gasteiger partial charge in [0.1, 0.15) is 18.2 Å². The zero-order valence-corrected chi connectivity index (χ0v) is 16.4. The molecule has 0 radical (unpaired) electrons. The molecule has 0 unspecified atom stereocenters. The maximum atomic E-state index is 14.1. The second kappa shape index (κ2) is 9.23. The van der Waals surface area contributed by atoms with Crippen LogP contribution in [0, 0.1) is 5.82 Å². The van der Waals surface area contributed by atoms with Crippen molar-refractivity contribution in [1.29, 1.82) is 0 Å². The van der Waals surface area contributed by atoms with Crippen LogP contribution >= 0.6 is 0 Å². The van der Waals surface area contributed by atoms with E-state index in [4.69, 9.17) is 14.2 Å². The standard InChI is InChI=1S/C20H25FN2O6/c1-27-19(25)15-10-29-11-23(18(15)20(26)28-2)17-9-12(21)3-8-16(17)22-13-4-6-14(24)7-5-13/h3,8-9,13-14,22,24H,4-7,10-11H2,1-2H3. The van der Waals surface area contributed by atoms with Crippen LogP contribution in [0.15, 0.2) is 29.5 Å². The van der Waals surface area contributed by atoms with Gasteiger partial charge in [-0.3, -0.25) is 0 Å². The number of nitrogens with zero attached hydrogens (tertiary/aromatic N) is 1. The Morgan fingerprint density at radius 2 is 1.86 bits per heavy atom. The Hall–Kier alpha value is -2.65. The molecule has 158 valence electrons. The summed E-state index contributed by atoms with van der Waals surface area (Å²) in [6.45, 7) is -0.182. The van der Waals surface area contributed by atoms with Crippen LogP contribution in [0.2, 0.25) is 0 Å². The first kappa shape index (κ1) is 21.1. The quantitative estimate of drug-likeness (QED) is 0.714. The van der Waals surface area contributed by atoms with Gasteiger partial charge in [0, 0.05) is 6.04 Å². The minimum absolute atomic E-state index is 0.00148. The molecule has 1 fully saturated rings. The highest BCUT2D eigenvalue weighted by atomic mass is 19.1. The average Bonchev–Trinajstić information content (AvgIpc) is 2.74. The number of ether oxygens (including phenoxy) is 3. The Bertz CT molecular complexity index is 804. The maximum absolute atomic E-state index is 14.1. The highest BCUT2D eigenvalue weighted by Crippen LogP contribution is 2.35. The summed E-state index contributed by atoms with van der Waals surface area (Å²) in [5, 5.41) is 13.1. The molecule has 0 atom stereocenters. The number of aliphatic hydroxyl groups excluding tert-OH is 1. The predicted molar refractivity (Wildman–Crippen MR) is 103 cm³/mol. The van der Waals surface area contributed by atoms with Gasteiger partial charge in [-0.15, -0.1) is 0 Å². The fourth-order valence-corrected chi connectivity index (χ4v) is 3.62. The van der Waals surface area contributed by atoms with Gasteiger partial charge in [0.05, 0.1) is 43.9 Å². The van der Waals surface area contributed by atoms with E-state index in [-0.39, 0.29) is 36.8 Å². The third-order valence-electron chi connectivity index (χ3n) is 5.14. The van der Waals surface area contributed by atoms with E-state index in [9.17, 15) is 19.1 Å². The number of hydrogen-bond donors (Lipinski definition) is 2. The third-order valence-corrected chi connectivity index (χ3v) is 5.14. The molecule has 1 heterocycles. The van der Waals surface area contributed by atoms with Crippen LogP contribution in [0.25, 0.3) is 0 Å². The van der Waals surface area contributed by atoms with Crippen molar-refractivity contribution in [2.45, 2.75) is 37.8 Å². The van der Waals surface area contributed by atoms with Crippen LogP contribution in [-0.4, -0.2) is 56.7 Å². The van der Waals surface area contributed by atoms with Crippen molar-refractivity contribution in [3.8, 4) is 0 Å². The van der Waals surface area contributed by atoms with Crippen LogP contribution in [0.1, 0.15) is 25.7 Å². The molecule has 2 N–H and O–H groups in total. The molecule has 2 aliphatic rings. The zero-order chi connectivity index (χ0) is 21.0. The summed E-state index contributed by atoms with van der Waals surface area (Å²) in [7, 11) is 2.41. The number of carbonyl (C=O) groups excluding carboxylic acids is 2. The summed E-state index contributed by atoms with van der Waals surface area (Å²) in [6, 6.07) is 4.26. The fraction of sp³-hybridized carbons (Fsp3) is 0.500. The lowest BCUT2D eigenvalue weighted by Gasteiger charge is -2.34. The van der Waals surface area contributed by atoms with Gasteiger partial charge in [-0.1, -0.05) is 0 Å². The Morgan fingerprint density at radius 1 is 1.17 bits per heavy atom. The number of rotatable bonds is 5. The average molecular weight is 408 g/mol. The smallest absolute Gasteiger partial charge is 0.355 e. The molecule has 1 saturated carbocycles. The summed E-state index contributed by atoms with van der Waals surface area (Å²) in [4.78, 5) is 26.1. The van der Waals surface area contributed by atoms with Gasteiger partial charge in [0.2, 0.25) is 0 Å². The van der Waals surface area contributed by atoms with E-state index in [2.05, 4.69) is 5.32 Å². The van der Waals surface area contributed by atoms with Gasteiger partial charge >= 0.3 is 11.9 Å². The highest BCUT2D eigenvalue weighted by Gasteiger charge is 2.34. The highest BCUT2D eigenvalue weighted by molar-refractivity contribution is 6.04. The molecular weight excluding hydrogens is 383 g/mol. The third kappa shape index (κ3) is 4.68. The lowest BCUT2D eigenvalue weighted by Crippen LogP contribution is -2.39. The van der Waals surface area contributed by atoms with Crippen LogP contribution in [0.3, 0.4) is 0 Å². The van der Waals surface area contributed by atoms with Crippen LogP contribution in [0.4, 0.5) is 15.8 Å². The van der Waals surface area contributed by atoms with Gasteiger partial charge in [0.25, 0.3) is 0 Å². The zero-order valence-electron chi connectivity index (χ0n) is 16.4. The van der Waals surface area contributed by atoms with Crippen molar-refractivity contribution in [2.75, 3.05) is 37.8 Å². The first-order chi connectivity index (χ1) is 13.9.